The van der Waals surface area contributed by atoms with Crippen LogP contribution in [0.25, 0.3) is 0 Å². The van der Waals surface area contributed by atoms with Crippen molar-refractivity contribution in [3.63, 3.8) is 0 Å². The Morgan fingerprint density at radius 2 is 2.06 bits per heavy atom. The zero-order valence-corrected chi connectivity index (χ0v) is 10.1. The van der Waals surface area contributed by atoms with Crippen molar-refractivity contribution < 1.29 is 0 Å². The number of likely N-dealkylation sites (tertiary alicyclic amines) is 1. The van der Waals surface area contributed by atoms with Gasteiger partial charge in [-0.2, -0.15) is 5.10 Å². The number of hydrogen-bond donors (Lipinski definition) is 0. The van der Waals surface area contributed by atoms with E-state index < -0.39 is 0 Å². The first kappa shape index (κ1) is 10.3. The molecule has 0 bridgehead atoms. The normalized spacial score (nSPS) is 29.9. The highest BCUT2D eigenvalue weighted by Gasteiger charge is 2.45. The first-order chi connectivity index (χ1) is 7.80. The van der Waals surface area contributed by atoms with Crippen LogP contribution in [-0.4, -0.2) is 34.8 Å². The first-order valence-corrected chi connectivity index (χ1v) is 6.48. The van der Waals surface area contributed by atoms with Gasteiger partial charge < -0.3 is 4.90 Å². The summed E-state index contributed by atoms with van der Waals surface area (Å²) in [5.41, 5.74) is 0.554. The van der Waals surface area contributed by atoms with Gasteiger partial charge in [0.1, 0.15) is 0 Å². The molecular weight excluding hydrogens is 198 g/mol. The summed E-state index contributed by atoms with van der Waals surface area (Å²) in [7, 11) is 2.24. The third kappa shape index (κ3) is 1.58. The first-order valence-electron chi connectivity index (χ1n) is 6.48. The molecule has 1 saturated heterocycles. The number of hydrogen-bond acceptors (Lipinski definition) is 2. The molecule has 3 heteroatoms. The van der Waals surface area contributed by atoms with Gasteiger partial charge in [0.25, 0.3) is 0 Å². The standard InChI is InChI=1S/C13H21N3/c1-15-10-6-13(7-11-15)5-2-4-12(13)16-9-3-8-14-16/h3,8-9,12H,2,4-7,10-11H2,1H3. The summed E-state index contributed by atoms with van der Waals surface area (Å²) in [5, 5.41) is 4.47. The molecule has 1 aromatic heterocycles. The van der Waals surface area contributed by atoms with E-state index in [1.165, 1.54) is 45.2 Å². The highest BCUT2D eigenvalue weighted by Crippen LogP contribution is 2.52. The Kier molecular flexibility index (Phi) is 2.51. The molecule has 0 amide bonds. The third-order valence-electron chi connectivity index (χ3n) is 4.69. The minimum Gasteiger partial charge on any atom is -0.306 e. The van der Waals surface area contributed by atoms with Gasteiger partial charge in [0.05, 0.1) is 6.04 Å². The van der Waals surface area contributed by atoms with Crippen LogP contribution < -0.4 is 0 Å². The molecule has 1 atom stereocenters. The van der Waals surface area contributed by atoms with E-state index in [1.807, 2.05) is 6.20 Å². The molecule has 1 aliphatic carbocycles. The Labute approximate surface area is 97.4 Å². The van der Waals surface area contributed by atoms with Crippen molar-refractivity contribution in [3.8, 4) is 0 Å². The average molecular weight is 219 g/mol. The third-order valence-corrected chi connectivity index (χ3v) is 4.69. The van der Waals surface area contributed by atoms with Crippen LogP contribution in [0.3, 0.4) is 0 Å². The number of rotatable bonds is 1. The average Bonchev–Trinajstić information content (AvgIpc) is 2.92. The smallest absolute Gasteiger partial charge is 0.0576 e. The second-order valence-electron chi connectivity index (χ2n) is 5.56. The molecule has 2 aliphatic rings. The predicted molar refractivity (Wildman–Crippen MR) is 64.3 cm³/mol. The minimum absolute atomic E-state index is 0.554. The van der Waals surface area contributed by atoms with Gasteiger partial charge in [-0.1, -0.05) is 6.42 Å². The van der Waals surface area contributed by atoms with Crippen molar-refractivity contribution in [1.29, 1.82) is 0 Å². The van der Waals surface area contributed by atoms with Gasteiger partial charge in [0.2, 0.25) is 0 Å². The van der Waals surface area contributed by atoms with Crippen molar-refractivity contribution in [1.82, 2.24) is 14.7 Å². The largest absolute Gasteiger partial charge is 0.306 e. The molecule has 1 aliphatic heterocycles. The maximum absolute atomic E-state index is 4.47. The Morgan fingerprint density at radius 1 is 1.25 bits per heavy atom. The van der Waals surface area contributed by atoms with Crippen molar-refractivity contribution >= 4 is 0 Å². The molecule has 88 valence electrons. The molecule has 0 aromatic carbocycles. The Bertz CT molecular complexity index is 336. The van der Waals surface area contributed by atoms with Crippen LogP contribution in [0, 0.1) is 5.41 Å². The van der Waals surface area contributed by atoms with Crippen LogP contribution in [0.15, 0.2) is 18.5 Å². The van der Waals surface area contributed by atoms with E-state index in [1.54, 1.807) is 0 Å². The summed E-state index contributed by atoms with van der Waals surface area (Å²) in [6.07, 6.45) is 10.9. The summed E-state index contributed by atoms with van der Waals surface area (Å²) in [4.78, 5) is 2.46. The molecular formula is C13H21N3. The SMILES string of the molecule is CN1CCC2(CCCC2n2cccn2)CC1. The van der Waals surface area contributed by atoms with Gasteiger partial charge in [-0.25, -0.2) is 0 Å². The minimum atomic E-state index is 0.554. The van der Waals surface area contributed by atoms with Crippen molar-refractivity contribution in [2.24, 2.45) is 5.41 Å². The summed E-state index contributed by atoms with van der Waals surface area (Å²) < 4.78 is 2.22. The van der Waals surface area contributed by atoms with Crippen LogP contribution in [-0.2, 0) is 0 Å². The molecule has 1 saturated carbocycles. The number of aromatic nitrogens is 2. The lowest BCUT2D eigenvalue weighted by molar-refractivity contribution is 0.0806. The lowest BCUT2D eigenvalue weighted by atomic mass is 9.74. The van der Waals surface area contributed by atoms with Gasteiger partial charge in [0, 0.05) is 12.4 Å². The quantitative estimate of drug-likeness (QED) is 0.723. The second-order valence-corrected chi connectivity index (χ2v) is 5.56. The van der Waals surface area contributed by atoms with E-state index >= 15 is 0 Å². The maximum atomic E-state index is 4.47. The second kappa shape index (κ2) is 3.88. The van der Waals surface area contributed by atoms with Crippen molar-refractivity contribution in [2.45, 2.75) is 38.1 Å². The highest BCUT2D eigenvalue weighted by molar-refractivity contribution is 4.99. The van der Waals surface area contributed by atoms with Crippen molar-refractivity contribution in [2.75, 3.05) is 20.1 Å². The van der Waals surface area contributed by atoms with Crippen LogP contribution in [0.2, 0.25) is 0 Å². The van der Waals surface area contributed by atoms with Gasteiger partial charge in [0.15, 0.2) is 0 Å². The summed E-state index contributed by atoms with van der Waals surface area (Å²) in [6, 6.07) is 2.72. The van der Waals surface area contributed by atoms with Crippen LogP contribution in [0.1, 0.15) is 38.1 Å². The van der Waals surface area contributed by atoms with Crippen LogP contribution >= 0.6 is 0 Å². The number of piperidine rings is 1. The zero-order valence-electron chi connectivity index (χ0n) is 10.1. The van der Waals surface area contributed by atoms with Gasteiger partial charge >= 0.3 is 0 Å². The molecule has 1 spiro atoms. The van der Waals surface area contributed by atoms with Crippen molar-refractivity contribution in [3.05, 3.63) is 18.5 Å². The maximum Gasteiger partial charge on any atom is 0.0576 e. The molecule has 1 aromatic rings. The van der Waals surface area contributed by atoms with E-state index in [-0.39, 0.29) is 0 Å². The highest BCUT2D eigenvalue weighted by atomic mass is 15.3. The summed E-state index contributed by atoms with van der Waals surface area (Å²) in [5.74, 6) is 0. The number of nitrogens with zero attached hydrogens (tertiary/aromatic N) is 3. The fraction of sp³-hybridized carbons (Fsp3) is 0.769. The molecule has 16 heavy (non-hydrogen) atoms. The van der Waals surface area contributed by atoms with E-state index in [0.717, 1.165) is 0 Å². The fourth-order valence-corrected chi connectivity index (χ4v) is 3.65. The van der Waals surface area contributed by atoms with Gasteiger partial charge in [-0.3, -0.25) is 4.68 Å². The zero-order chi connectivity index (χ0) is 11.0. The predicted octanol–water partition coefficient (Wildman–Crippen LogP) is 2.32. The van der Waals surface area contributed by atoms with Gasteiger partial charge in [-0.05, 0) is 57.3 Å². The molecule has 2 fully saturated rings. The Morgan fingerprint density at radius 3 is 2.75 bits per heavy atom. The Balaban J connectivity index is 1.83. The van der Waals surface area contributed by atoms with E-state index in [0.29, 0.717) is 11.5 Å². The van der Waals surface area contributed by atoms with Crippen LogP contribution in [0.5, 0.6) is 0 Å². The molecule has 0 N–H and O–H groups in total. The van der Waals surface area contributed by atoms with Gasteiger partial charge in [-0.15, -0.1) is 0 Å². The molecule has 3 rings (SSSR count). The Hall–Kier alpha value is -0.830. The van der Waals surface area contributed by atoms with E-state index in [9.17, 15) is 0 Å². The lowest BCUT2D eigenvalue weighted by Gasteiger charge is -2.42. The molecule has 3 nitrogen and oxygen atoms in total. The monoisotopic (exact) mass is 219 g/mol. The topological polar surface area (TPSA) is 21.1 Å². The summed E-state index contributed by atoms with van der Waals surface area (Å²) in [6.45, 7) is 2.52. The molecule has 0 radical (unpaired) electrons. The fourth-order valence-electron chi connectivity index (χ4n) is 3.65. The molecule has 1 unspecified atom stereocenters. The summed E-state index contributed by atoms with van der Waals surface area (Å²) >= 11 is 0. The molecule has 2 heterocycles. The van der Waals surface area contributed by atoms with E-state index in [2.05, 4.69) is 34.0 Å². The van der Waals surface area contributed by atoms with Crippen LogP contribution in [0.4, 0.5) is 0 Å². The lowest BCUT2D eigenvalue weighted by Crippen LogP contribution is -2.40. The van der Waals surface area contributed by atoms with E-state index in [4.69, 9.17) is 0 Å².